The smallest absolute Gasteiger partial charge is 0.242 e. The van der Waals surface area contributed by atoms with Crippen molar-refractivity contribution in [1.29, 1.82) is 0 Å². The van der Waals surface area contributed by atoms with Crippen LogP contribution in [0.2, 0.25) is 0 Å². The minimum Gasteiger partial charge on any atom is -0.384 e. The Kier molecular flexibility index (Phi) is 6.82. The van der Waals surface area contributed by atoms with Gasteiger partial charge in [0.25, 0.3) is 0 Å². The molecule has 2 N–H and O–H groups in total. The van der Waals surface area contributed by atoms with E-state index in [0.29, 0.717) is 0 Å². The summed E-state index contributed by atoms with van der Waals surface area (Å²) in [4.78, 5) is -0.0757. The average molecular weight is 313 g/mol. The average Bonchev–Trinajstić information content (AvgIpc) is 2.42. The quantitative estimate of drug-likeness (QED) is 0.790. The molecule has 0 radical (unpaired) electrons. The van der Waals surface area contributed by atoms with Crippen molar-refractivity contribution in [2.45, 2.75) is 44.0 Å². The zero-order chi connectivity index (χ0) is 15.9. The Morgan fingerprint density at radius 3 is 2.76 bits per heavy atom. The van der Waals surface area contributed by atoms with Crippen LogP contribution in [0.15, 0.2) is 23.1 Å². The van der Waals surface area contributed by atoms with Gasteiger partial charge in [-0.25, -0.2) is 17.5 Å². The Balaban J connectivity index is 3.07. The van der Waals surface area contributed by atoms with Crippen LogP contribution in [-0.4, -0.2) is 26.2 Å². The second-order valence-electron chi connectivity index (χ2n) is 4.76. The first-order chi connectivity index (χ1) is 9.90. The van der Waals surface area contributed by atoms with Crippen LogP contribution >= 0.6 is 0 Å². The molecule has 0 heterocycles. The molecule has 4 nitrogen and oxygen atoms in total. The summed E-state index contributed by atoms with van der Waals surface area (Å²) >= 11 is 0. The van der Waals surface area contributed by atoms with Crippen LogP contribution < -0.4 is 4.72 Å². The van der Waals surface area contributed by atoms with Crippen molar-refractivity contribution in [2.75, 3.05) is 6.61 Å². The summed E-state index contributed by atoms with van der Waals surface area (Å²) < 4.78 is 40.5. The maximum absolute atomic E-state index is 13.2. The number of sulfonamides is 1. The minimum absolute atomic E-state index is 0.0410. The lowest BCUT2D eigenvalue weighted by Crippen LogP contribution is -2.33. The summed E-state index contributed by atoms with van der Waals surface area (Å²) in [5.41, 5.74) is 0.0410. The van der Waals surface area contributed by atoms with E-state index in [9.17, 15) is 12.8 Å². The summed E-state index contributed by atoms with van der Waals surface area (Å²) in [5.74, 6) is 4.23. The fourth-order valence-corrected chi connectivity index (χ4v) is 3.29. The van der Waals surface area contributed by atoms with Gasteiger partial charge in [-0.3, -0.25) is 0 Å². The second-order valence-corrected chi connectivity index (χ2v) is 6.45. The zero-order valence-corrected chi connectivity index (χ0v) is 13.0. The predicted octanol–water partition coefficient (Wildman–Crippen LogP) is 2.03. The van der Waals surface area contributed by atoms with Gasteiger partial charge < -0.3 is 5.11 Å². The SMILES string of the molecule is CCCCC(C)NS(=O)(=O)c1ccc(F)cc1C#CCO. The Hall–Kier alpha value is -1.42. The first-order valence-corrected chi connectivity index (χ1v) is 8.30. The number of benzene rings is 1. The van der Waals surface area contributed by atoms with Crippen molar-refractivity contribution in [1.82, 2.24) is 4.72 Å². The van der Waals surface area contributed by atoms with Gasteiger partial charge in [0.05, 0.1) is 4.90 Å². The molecular formula is C15H20FNO3S. The van der Waals surface area contributed by atoms with Gasteiger partial charge in [-0.15, -0.1) is 0 Å². The normalized spacial score (nSPS) is 12.6. The van der Waals surface area contributed by atoms with Gasteiger partial charge >= 0.3 is 0 Å². The molecule has 6 heteroatoms. The van der Waals surface area contributed by atoms with E-state index in [2.05, 4.69) is 16.6 Å². The molecule has 21 heavy (non-hydrogen) atoms. The molecule has 0 aliphatic rings. The van der Waals surface area contributed by atoms with Gasteiger partial charge in [0, 0.05) is 11.6 Å². The second kappa shape index (κ2) is 8.13. The molecule has 116 valence electrons. The number of rotatable bonds is 6. The first kappa shape index (κ1) is 17.6. The third-order valence-electron chi connectivity index (χ3n) is 2.88. The van der Waals surface area contributed by atoms with Crippen molar-refractivity contribution in [3.05, 3.63) is 29.6 Å². The molecule has 0 aliphatic carbocycles. The molecular weight excluding hydrogens is 293 g/mol. The molecule has 1 aromatic carbocycles. The topological polar surface area (TPSA) is 66.4 Å². The molecule has 0 amide bonds. The van der Waals surface area contributed by atoms with Crippen LogP contribution in [0.25, 0.3) is 0 Å². The third kappa shape index (κ3) is 5.46. The lowest BCUT2D eigenvalue weighted by atomic mass is 10.2. The summed E-state index contributed by atoms with van der Waals surface area (Å²) in [6.07, 6.45) is 2.63. The Morgan fingerprint density at radius 2 is 2.14 bits per heavy atom. The Labute approximate surface area is 125 Å². The van der Waals surface area contributed by atoms with Gasteiger partial charge in [-0.2, -0.15) is 0 Å². The highest BCUT2D eigenvalue weighted by molar-refractivity contribution is 7.89. The molecule has 0 saturated heterocycles. The summed E-state index contributed by atoms with van der Waals surface area (Å²) in [6.45, 7) is 3.40. The third-order valence-corrected chi connectivity index (χ3v) is 4.53. The van der Waals surface area contributed by atoms with Gasteiger partial charge in [0.2, 0.25) is 10.0 Å². The number of hydrogen-bond acceptors (Lipinski definition) is 3. The number of aliphatic hydroxyl groups is 1. The highest BCUT2D eigenvalue weighted by Crippen LogP contribution is 2.17. The summed E-state index contributed by atoms with van der Waals surface area (Å²) in [7, 11) is -3.77. The van der Waals surface area contributed by atoms with Crippen molar-refractivity contribution < 1.29 is 17.9 Å². The Morgan fingerprint density at radius 1 is 1.43 bits per heavy atom. The summed E-state index contributed by atoms with van der Waals surface area (Å²) in [6, 6.07) is 3.10. The molecule has 0 bridgehead atoms. The molecule has 0 aromatic heterocycles. The fourth-order valence-electron chi connectivity index (χ4n) is 1.87. The molecule has 1 atom stereocenters. The number of halogens is 1. The van der Waals surface area contributed by atoms with Crippen molar-refractivity contribution in [2.24, 2.45) is 0 Å². The molecule has 1 aromatic rings. The van der Waals surface area contributed by atoms with Crippen LogP contribution in [0.3, 0.4) is 0 Å². The van der Waals surface area contributed by atoms with E-state index in [1.165, 1.54) is 6.07 Å². The Bertz CT molecular complexity index is 632. The molecule has 0 aliphatic heterocycles. The van der Waals surface area contributed by atoms with Crippen LogP contribution in [0.4, 0.5) is 4.39 Å². The van der Waals surface area contributed by atoms with Crippen LogP contribution in [0.1, 0.15) is 38.7 Å². The number of aliphatic hydroxyl groups excluding tert-OH is 1. The molecule has 0 saturated carbocycles. The lowest BCUT2D eigenvalue weighted by Gasteiger charge is -2.14. The van der Waals surface area contributed by atoms with Crippen LogP contribution in [0.5, 0.6) is 0 Å². The molecule has 1 rings (SSSR count). The lowest BCUT2D eigenvalue weighted by molar-refractivity contribution is 0.350. The standard InChI is InChI=1S/C15H20FNO3S/c1-3-4-6-12(2)17-21(19,20)15-9-8-14(16)11-13(15)7-5-10-18/h8-9,11-12,17-18H,3-4,6,10H2,1-2H3. The maximum Gasteiger partial charge on any atom is 0.242 e. The van der Waals surface area contributed by atoms with Crippen molar-refractivity contribution in [3.8, 4) is 11.8 Å². The van der Waals surface area contributed by atoms with Crippen molar-refractivity contribution in [3.63, 3.8) is 0 Å². The van der Waals surface area contributed by atoms with Gasteiger partial charge in [0.15, 0.2) is 0 Å². The maximum atomic E-state index is 13.2. The van der Waals surface area contributed by atoms with Crippen LogP contribution in [-0.2, 0) is 10.0 Å². The number of unbranched alkanes of at least 4 members (excludes halogenated alkanes) is 1. The van der Waals surface area contributed by atoms with Crippen LogP contribution in [0, 0.1) is 17.7 Å². The number of hydrogen-bond donors (Lipinski definition) is 2. The summed E-state index contributed by atoms with van der Waals surface area (Å²) in [5, 5.41) is 8.70. The number of nitrogens with one attached hydrogen (secondary N) is 1. The highest BCUT2D eigenvalue weighted by atomic mass is 32.2. The van der Waals surface area contributed by atoms with E-state index in [1.54, 1.807) is 6.92 Å². The monoisotopic (exact) mass is 313 g/mol. The van der Waals surface area contributed by atoms with Gasteiger partial charge in [0.1, 0.15) is 12.4 Å². The van der Waals surface area contributed by atoms with E-state index in [-0.39, 0.29) is 16.5 Å². The van der Waals surface area contributed by atoms with Gasteiger partial charge in [-0.1, -0.05) is 31.6 Å². The van der Waals surface area contributed by atoms with E-state index in [0.717, 1.165) is 31.4 Å². The molecule has 0 spiro atoms. The fraction of sp³-hybridized carbons (Fsp3) is 0.467. The zero-order valence-electron chi connectivity index (χ0n) is 12.2. The molecule has 0 fully saturated rings. The highest BCUT2D eigenvalue weighted by Gasteiger charge is 2.20. The van der Waals surface area contributed by atoms with E-state index < -0.39 is 22.4 Å². The van der Waals surface area contributed by atoms with Crippen molar-refractivity contribution >= 4 is 10.0 Å². The largest absolute Gasteiger partial charge is 0.384 e. The first-order valence-electron chi connectivity index (χ1n) is 6.82. The van der Waals surface area contributed by atoms with E-state index in [1.807, 2.05) is 6.92 Å². The van der Waals surface area contributed by atoms with E-state index >= 15 is 0 Å². The molecule has 1 unspecified atom stereocenters. The van der Waals surface area contributed by atoms with Gasteiger partial charge in [-0.05, 0) is 31.5 Å². The van der Waals surface area contributed by atoms with E-state index in [4.69, 9.17) is 5.11 Å². The predicted molar refractivity (Wildman–Crippen MR) is 79.7 cm³/mol. The minimum atomic E-state index is -3.77.